The van der Waals surface area contributed by atoms with E-state index in [1.165, 1.54) is 27.1 Å². The summed E-state index contributed by atoms with van der Waals surface area (Å²) in [4.78, 5) is 1.51. The second-order valence-electron chi connectivity index (χ2n) is 4.93. The van der Waals surface area contributed by atoms with Crippen molar-refractivity contribution in [1.82, 2.24) is 5.32 Å². The molecule has 0 saturated heterocycles. The van der Waals surface area contributed by atoms with Crippen LogP contribution >= 0.6 is 22.7 Å². The summed E-state index contributed by atoms with van der Waals surface area (Å²) in [6, 6.07) is 5.15. The molecule has 2 aromatic heterocycles. The second kappa shape index (κ2) is 5.98. The van der Waals surface area contributed by atoms with Crippen LogP contribution in [-0.4, -0.2) is 6.54 Å². The fourth-order valence-electron chi connectivity index (χ4n) is 2.05. The zero-order chi connectivity index (χ0) is 12.3. The van der Waals surface area contributed by atoms with E-state index in [1.807, 2.05) is 22.7 Å². The molecule has 1 atom stereocenters. The van der Waals surface area contributed by atoms with Gasteiger partial charge in [0.25, 0.3) is 0 Å². The first kappa shape index (κ1) is 13.1. The standard InChI is InChI=1S/C14H21NS2/c1-4-6-15-11(8-10(2)3)13-9-14-12(17-13)5-7-16-14/h5,7,9-11,15H,4,6,8H2,1-3H3. The van der Waals surface area contributed by atoms with E-state index < -0.39 is 0 Å². The summed E-state index contributed by atoms with van der Waals surface area (Å²) in [6.45, 7) is 7.95. The van der Waals surface area contributed by atoms with E-state index in [1.54, 1.807) is 0 Å². The third-order valence-corrected chi connectivity index (χ3v) is 5.06. The zero-order valence-electron chi connectivity index (χ0n) is 10.8. The Morgan fingerprint density at radius 2 is 2.12 bits per heavy atom. The summed E-state index contributed by atoms with van der Waals surface area (Å²) in [6.07, 6.45) is 2.43. The Hall–Kier alpha value is -0.380. The number of hydrogen-bond donors (Lipinski definition) is 1. The van der Waals surface area contributed by atoms with E-state index in [9.17, 15) is 0 Å². The predicted molar refractivity (Wildman–Crippen MR) is 80.2 cm³/mol. The first-order valence-electron chi connectivity index (χ1n) is 6.41. The maximum absolute atomic E-state index is 3.68. The quantitative estimate of drug-likeness (QED) is 0.772. The van der Waals surface area contributed by atoms with E-state index >= 15 is 0 Å². The average molecular weight is 267 g/mol. The molecule has 94 valence electrons. The van der Waals surface area contributed by atoms with Crippen molar-refractivity contribution in [3.05, 3.63) is 22.4 Å². The largest absolute Gasteiger partial charge is 0.309 e. The molecule has 0 aromatic carbocycles. The van der Waals surface area contributed by atoms with Crippen LogP contribution in [0.2, 0.25) is 0 Å². The first-order valence-corrected chi connectivity index (χ1v) is 8.10. The Labute approximate surface area is 112 Å². The van der Waals surface area contributed by atoms with Gasteiger partial charge in [-0.3, -0.25) is 0 Å². The minimum Gasteiger partial charge on any atom is -0.309 e. The maximum Gasteiger partial charge on any atom is 0.0454 e. The highest BCUT2D eigenvalue weighted by Crippen LogP contribution is 2.35. The fraction of sp³-hybridized carbons (Fsp3) is 0.571. The van der Waals surface area contributed by atoms with Crippen molar-refractivity contribution < 1.29 is 0 Å². The monoisotopic (exact) mass is 267 g/mol. The van der Waals surface area contributed by atoms with Crippen LogP contribution in [0.25, 0.3) is 9.40 Å². The van der Waals surface area contributed by atoms with Crippen molar-refractivity contribution in [2.45, 2.75) is 39.7 Å². The highest BCUT2D eigenvalue weighted by atomic mass is 32.1. The van der Waals surface area contributed by atoms with Gasteiger partial charge in [0.2, 0.25) is 0 Å². The van der Waals surface area contributed by atoms with Gasteiger partial charge < -0.3 is 5.32 Å². The summed E-state index contributed by atoms with van der Waals surface area (Å²) in [5.74, 6) is 0.740. The molecule has 1 N–H and O–H groups in total. The van der Waals surface area contributed by atoms with Crippen LogP contribution in [0.5, 0.6) is 0 Å². The van der Waals surface area contributed by atoms with Gasteiger partial charge in [-0.1, -0.05) is 20.8 Å². The van der Waals surface area contributed by atoms with Crippen molar-refractivity contribution >= 4 is 32.1 Å². The molecule has 0 amide bonds. The molecular formula is C14H21NS2. The summed E-state index contributed by atoms with van der Waals surface area (Å²) in [5.41, 5.74) is 0. The molecule has 1 nitrogen and oxygen atoms in total. The zero-order valence-corrected chi connectivity index (χ0v) is 12.5. The molecule has 0 spiro atoms. The van der Waals surface area contributed by atoms with Gasteiger partial charge in [0.1, 0.15) is 0 Å². The maximum atomic E-state index is 3.68. The van der Waals surface area contributed by atoms with Crippen molar-refractivity contribution in [2.24, 2.45) is 5.92 Å². The topological polar surface area (TPSA) is 12.0 Å². The lowest BCUT2D eigenvalue weighted by Gasteiger charge is -2.19. The lowest BCUT2D eigenvalue weighted by Crippen LogP contribution is -2.22. The van der Waals surface area contributed by atoms with E-state index in [4.69, 9.17) is 0 Å². The van der Waals surface area contributed by atoms with Crippen LogP contribution < -0.4 is 5.32 Å². The van der Waals surface area contributed by atoms with Gasteiger partial charge in [0.05, 0.1) is 0 Å². The molecule has 0 saturated carbocycles. The highest BCUT2D eigenvalue weighted by Gasteiger charge is 2.15. The van der Waals surface area contributed by atoms with Crippen LogP contribution in [0.1, 0.15) is 44.5 Å². The molecule has 0 bridgehead atoms. The van der Waals surface area contributed by atoms with E-state index in [2.05, 4.69) is 43.6 Å². The lowest BCUT2D eigenvalue weighted by atomic mass is 10.0. The third kappa shape index (κ3) is 3.30. The number of hydrogen-bond acceptors (Lipinski definition) is 3. The van der Waals surface area contributed by atoms with Gasteiger partial charge in [0, 0.05) is 20.3 Å². The second-order valence-corrected chi connectivity index (χ2v) is 7.00. The highest BCUT2D eigenvalue weighted by molar-refractivity contribution is 7.26. The van der Waals surface area contributed by atoms with E-state index in [-0.39, 0.29) is 0 Å². The van der Waals surface area contributed by atoms with Gasteiger partial charge in [0.15, 0.2) is 0 Å². The molecule has 17 heavy (non-hydrogen) atoms. The molecule has 3 heteroatoms. The molecule has 0 fully saturated rings. The Bertz CT molecular complexity index is 427. The van der Waals surface area contributed by atoms with Gasteiger partial charge in [-0.15, -0.1) is 22.7 Å². The summed E-state index contributed by atoms with van der Waals surface area (Å²) in [7, 11) is 0. The molecule has 2 rings (SSSR count). The Morgan fingerprint density at radius 3 is 2.76 bits per heavy atom. The molecular weight excluding hydrogens is 246 g/mol. The molecule has 2 aromatic rings. The van der Waals surface area contributed by atoms with E-state index in [0.717, 1.165) is 12.5 Å². The van der Waals surface area contributed by atoms with Crippen LogP contribution in [-0.2, 0) is 0 Å². The Kier molecular flexibility index (Phi) is 4.60. The predicted octanol–water partition coefficient (Wildman–Crippen LogP) is 5.05. The van der Waals surface area contributed by atoms with Crippen LogP contribution in [0.4, 0.5) is 0 Å². The van der Waals surface area contributed by atoms with Crippen molar-refractivity contribution in [1.29, 1.82) is 0 Å². The number of nitrogens with one attached hydrogen (secondary N) is 1. The molecule has 0 aliphatic carbocycles. The van der Waals surface area contributed by atoms with Crippen LogP contribution in [0, 0.1) is 5.92 Å². The smallest absolute Gasteiger partial charge is 0.0454 e. The first-order chi connectivity index (χ1) is 8.20. The molecule has 2 heterocycles. The average Bonchev–Trinajstić information content (AvgIpc) is 2.83. The Morgan fingerprint density at radius 1 is 1.29 bits per heavy atom. The van der Waals surface area contributed by atoms with Crippen molar-refractivity contribution in [3.8, 4) is 0 Å². The minimum absolute atomic E-state index is 0.541. The molecule has 0 radical (unpaired) electrons. The Balaban J connectivity index is 2.15. The number of fused-ring (bicyclic) bond motifs is 1. The summed E-state index contributed by atoms with van der Waals surface area (Å²) < 4.78 is 2.88. The number of thiophene rings is 2. The number of rotatable bonds is 6. The van der Waals surface area contributed by atoms with Gasteiger partial charge in [-0.2, -0.15) is 0 Å². The fourth-order valence-corrected chi connectivity index (χ4v) is 4.25. The minimum atomic E-state index is 0.541. The SMILES string of the molecule is CCCNC(CC(C)C)c1cc2sccc2s1. The normalized spacial score (nSPS) is 13.6. The van der Waals surface area contributed by atoms with Crippen molar-refractivity contribution in [3.63, 3.8) is 0 Å². The van der Waals surface area contributed by atoms with Crippen molar-refractivity contribution in [2.75, 3.05) is 6.54 Å². The van der Waals surface area contributed by atoms with Crippen LogP contribution in [0.3, 0.4) is 0 Å². The van der Waals surface area contributed by atoms with Gasteiger partial charge >= 0.3 is 0 Å². The molecule has 0 aliphatic heterocycles. The molecule has 0 aliphatic rings. The van der Waals surface area contributed by atoms with Gasteiger partial charge in [-0.25, -0.2) is 0 Å². The summed E-state index contributed by atoms with van der Waals surface area (Å²) in [5, 5.41) is 5.87. The van der Waals surface area contributed by atoms with Crippen LogP contribution in [0.15, 0.2) is 17.5 Å². The van der Waals surface area contributed by atoms with E-state index in [0.29, 0.717) is 6.04 Å². The molecule has 1 unspecified atom stereocenters. The lowest BCUT2D eigenvalue weighted by molar-refractivity contribution is 0.435. The third-order valence-electron chi connectivity index (χ3n) is 2.85. The van der Waals surface area contributed by atoms with Gasteiger partial charge in [-0.05, 0) is 42.8 Å². The summed E-state index contributed by atoms with van der Waals surface area (Å²) >= 11 is 3.80.